The van der Waals surface area contributed by atoms with Crippen molar-refractivity contribution < 1.29 is 14.3 Å². The maximum Gasteiger partial charge on any atom is 0.407 e. The maximum absolute atomic E-state index is 13.6. The smallest absolute Gasteiger partial charge is 0.407 e. The third kappa shape index (κ3) is 2.46. The highest BCUT2D eigenvalue weighted by atomic mass is 19.1. The second-order valence-corrected chi connectivity index (χ2v) is 4.18. The summed E-state index contributed by atoms with van der Waals surface area (Å²) in [4.78, 5) is 16.1. The van der Waals surface area contributed by atoms with E-state index in [9.17, 15) is 9.18 Å². The van der Waals surface area contributed by atoms with Gasteiger partial charge in [-0.25, -0.2) is 9.18 Å². The van der Waals surface area contributed by atoms with Gasteiger partial charge in [0.1, 0.15) is 5.82 Å². The molecule has 0 atom stereocenters. The van der Waals surface area contributed by atoms with Crippen LogP contribution in [-0.4, -0.2) is 34.2 Å². The molecule has 2 heterocycles. The van der Waals surface area contributed by atoms with Gasteiger partial charge in [-0.05, 0) is 12.8 Å². The molecule has 1 aromatic heterocycles. The number of piperidine rings is 1. The Hall–Kier alpha value is -1.85. The first-order valence-electron chi connectivity index (χ1n) is 5.46. The molecule has 5 nitrogen and oxygen atoms in total. The van der Waals surface area contributed by atoms with Gasteiger partial charge in [0, 0.05) is 25.1 Å². The Kier molecular flexibility index (Phi) is 3.12. The molecule has 6 heteroatoms. The van der Waals surface area contributed by atoms with Crippen LogP contribution in [0.5, 0.6) is 0 Å². The Bertz CT molecular complexity index is 431. The number of nitrogens with zero attached hydrogens (tertiary/aromatic N) is 2. The number of hydrogen-bond donors (Lipinski definition) is 2. The van der Waals surface area contributed by atoms with Crippen LogP contribution in [0.2, 0.25) is 0 Å². The molecule has 1 fully saturated rings. The fourth-order valence-electron chi connectivity index (χ4n) is 2.11. The molecule has 92 valence electrons. The normalized spacial score (nSPS) is 17.1. The highest BCUT2D eigenvalue weighted by Gasteiger charge is 2.26. The van der Waals surface area contributed by atoms with Crippen molar-refractivity contribution in [2.45, 2.75) is 18.8 Å². The minimum atomic E-state index is -0.922. The van der Waals surface area contributed by atoms with Crippen LogP contribution in [0.15, 0.2) is 12.3 Å². The molecule has 0 spiro atoms. The van der Waals surface area contributed by atoms with Crippen LogP contribution in [-0.2, 0) is 0 Å². The van der Waals surface area contributed by atoms with Gasteiger partial charge in [0.15, 0.2) is 0 Å². The molecule has 1 amide bonds. The van der Waals surface area contributed by atoms with E-state index >= 15 is 0 Å². The molecular formula is C11H14FN3O2. The number of halogens is 1. The minimum Gasteiger partial charge on any atom is -0.465 e. The summed E-state index contributed by atoms with van der Waals surface area (Å²) in [6.45, 7) is 0.844. The zero-order valence-electron chi connectivity index (χ0n) is 9.27. The molecule has 0 saturated carbocycles. The van der Waals surface area contributed by atoms with Crippen molar-refractivity contribution in [1.82, 2.24) is 9.88 Å². The number of nitrogens with two attached hydrogens (primary N) is 1. The maximum atomic E-state index is 13.6. The van der Waals surface area contributed by atoms with Gasteiger partial charge in [-0.2, -0.15) is 0 Å². The SMILES string of the molecule is Nc1cnc(C2CCN(C(=O)O)CC2)c(F)c1. The van der Waals surface area contributed by atoms with Crippen LogP contribution in [0, 0.1) is 5.82 Å². The van der Waals surface area contributed by atoms with E-state index in [2.05, 4.69) is 4.98 Å². The van der Waals surface area contributed by atoms with Crippen LogP contribution in [0.3, 0.4) is 0 Å². The number of nitrogen functional groups attached to an aromatic ring is 1. The number of rotatable bonds is 1. The van der Waals surface area contributed by atoms with Gasteiger partial charge in [0.05, 0.1) is 17.6 Å². The molecule has 0 bridgehead atoms. The van der Waals surface area contributed by atoms with Crippen molar-refractivity contribution in [1.29, 1.82) is 0 Å². The first-order chi connectivity index (χ1) is 8.08. The highest BCUT2D eigenvalue weighted by Crippen LogP contribution is 2.28. The number of hydrogen-bond acceptors (Lipinski definition) is 3. The van der Waals surface area contributed by atoms with Crippen molar-refractivity contribution >= 4 is 11.8 Å². The number of carboxylic acid groups (broad SMARTS) is 1. The Labute approximate surface area is 98.1 Å². The van der Waals surface area contributed by atoms with Gasteiger partial charge in [-0.3, -0.25) is 4.98 Å². The van der Waals surface area contributed by atoms with Gasteiger partial charge in [-0.1, -0.05) is 0 Å². The van der Waals surface area contributed by atoms with Crippen molar-refractivity contribution in [3.8, 4) is 0 Å². The Balaban J connectivity index is 2.08. The van der Waals surface area contributed by atoms with Crippen molar-refractivity contribution in [3.05, 3.63) is 23.8 Å². The Morgan fingerprint density at radius 2 is 2.18 bits per heavy atom. The van der Waals surface area contributed by atoms with Crippen LogP contribution < -0.4 is 5.73 Å². The first kappa shape index (κ1) is 11.6. The van der Waals surface area contributed by atoms with Crippen LogP contribution in [0.1, 0.15) is 24.5 Å². The van der Waals surface area contributed by atoms with Gasteiger partial charge >= 0.3 is 6.09 Å². The minimum absolute atomic E-state index is 0.0220. The monoisotopic (exact) mass is 239 g/mol. The molecule has 3 N–H and O–H groups in total. The number of aromatic nitrogens is 1. The number of anilines is 1. The lowest BCUT2D eigenvalue weighted by Crippen LogP contribution is -2.37. The lowest BCUT2D eigenvalue weighted by molar-refractivity contribution is 0.131. The van der Waals surface area contributed by atoms with E-state index < -0.39 is 11.9 Å². The predicted molar refractivity (Wildman–Crippen MR) is 60.2 cm³/mol. The fourth-order valence-corrected chi connectivity index (χ4v) is 2.11. The standard InChI is InChI=1S/C11H14FN3O2/c12-9-5-8(13)6-14-10(9)7-1-3-15(4-2-7)11(16)17/h5-7H,1-4,13H2,(H,16,17). The molecule has 1 aliphatic heterocycles. The lowest BCUT2D eigenvalue weighted by atomic mass is 9.93. The van der Waals surface area contributed by atoms with Crippen LogP contribution >= 0.6 is 0 Å². The summed E-state index contributed by atoms with van der Waals surface area (Å²) in [6.07, 6.45) is 1.71. The largest absolute Gasteiger partial charge is 0.465 e. The summed E-state index contributed by atoms with van der Waals surface area (Å²) in [7, 11) is 0. The average Bonchev–Trinajstić information content (AvgIpc) is 2.29. The third-order valence-electron chi connectivity index (χ3n) is 3.04. The first-order valence-corrected chi connectivity index (χ1v) is 5.46. The van der Waals surface area contributed by atoms with E-state index in [-0.39, 0.29) is 5.92 Å². The summed E-state index contributed by atoms with van der Waals surface area (Å²) >= 11 is 0. The van der Waals surface area contributed by atoms with E-state index in [1.54, 1.807) is 0 Å². The molecule has 1 aliphatic rings. The molecule has 2 rings (SSSR count). The van der Waals surface area contributed by atoms with Gasteiger partial charge in [0.2, 0.25) is 0 Å². The number of pyridine rings is 1. The topological polar surface area (TPSA) is 79.5 Å². The number of carbonyl (C=O) groups is 1. The summed E-state index contributed by atoms with van der Waals surface area (Å²) in [5, 5.41) is 8.81. The average molecular weight is 239 g/mol. The van der Waals surface area contributed by atoms with Gasteiger partial charge in [-0.15, -0.1) is 0 Å². The van der Waals surface area contributed by atoms with Crippen LogP contribution in [0.25, 0.3) is 0 Å². The molecule has 1 aromatic rings. The third-order valence-corrected chi connectivity index (χ3v) is 3.04. The van der Waals surface area contributed by atoms with Gasteiger partial charge < -0.3 is 15.7 Å². The van der Waals surface area contributed by atoms with E-state index in [0.29, 0.717) is 37.3 Å². The fraction of sp³-hybridized carbons (Fsp3) is 0.455. The van der Waals surface area contributed by atoms with Crippen LogP contribution in [0.4, 0.5) is 14.9 Å². The lowest BCUT2D eigenvalue weighted by Gasteiger charge is -2.29. The molecule has 0 unspecified atom stereocenters. The second kappa shape index (κ2) is 4.57. The second-order valence-electron chi connectivity index (χ2n) is 4.18. The van der Waals surface area contributed by atoms with Gasteiger partial charge in [0.25, 0.3) is 0 Å². The molecular weight excluding hydrogens is 225 g/mol. The molecule has 17 heavy (non-hydrogen) atoms. The zero-order valence-corrected chi connectivity index (χ0v) is 9.27. The number of amides is 1. The van der Waals surface area contributed by atoms with Crippen molar-refractivity contribution in [2.75, 3.05) is 18.8 Å². The summed E-state index contributed by atoms with van der Waals surface area (Å²) in [5.74, 6) is -0.426. The molecule has 0 radical (unpaired) electrons. The number of likely N-dealkylation sites (tertiary alicyclic amines) is 1. The van der Waals surface area contributed by atoms with E-state index in [1.165, 1.54) is 17.2 Å². The molecule has 1 saturated heterocycles. The summed E-state index contributed by atoms with van der Waals surface area (Å²) in [6, 6.07) is 1.26. The van der Waals surface area contributed by atoms with Crippen molar-refractivity contribution in [3.63, 3.8) is 0 Å². The van der Waals surface area contributed by atoms with E-state index in [0.717, 1.165) is 0 Å². The Morgan fingerprint density at radius 3 is 2.71 bits per heavy atom. The molecule has 0 aliphatic carbocycles. The van der Waals surface area contributed by atoms with E-state index in [4.69, 9.17) is 10.8 Å². The summed E-state index contributed by atoms with van der Waals surface area (Å²) < 4.78 is 13.6. The van der Waals surface area contributed by atoms with Crippen molar-refractivity contribution in [2.24, 2.45) is 0 Å². The Morgan fingerprint density at radius 1 is 1.53 bits per heavy atom. The quantitative estimate of drug-likeness (QED) is 0.781. The predicted octanol–water partition coefficient (Wildman–Crippen LogP) is 1.66. The molecule has 0 aromatic carbocycles. The highest BCUT2D eigenvalue weighted by molar-refractivity contribution is 5.65. The summed E-state index contributed by atoms with van der Waals surface area (Å²) in [5.41, 5.74) is 6.12. The van der Waals surface area contributed by atoms with E-state index in [1.807, 2.05) is 0 Å². The zero-order chi connectivity index (χ0) is 12.4.